The van der Waals surface area contributed by atoms with E-state index in [2.05, 4.69) is 0 Å². The number of carbonyl (C=O) groups is 2. The maximum absolute atomic E-state index is 13.7. The summed E-state index contributed by atoms with van der Waals surface area (Å²) in [6.07, 6.45) is 6.17. The predicted molar refractivity (Wildman–Crippen MR) is 109 cm³/mol. The minimum absolute atomic E-state index is 0.102. The maximum Gasteiger partial charge on any atom is 0.289 e. The zero-order valence-electron chi connectivity index (χ0n) is 16.9. The molecule has 1 aliphatic carbocycles. The van der Waals surface area contributed by atoms with E-state index in [1.165, 1.54) is 6.26 Å². The second-order valence-corrected chi connectivity index (χ2v) is 7.93. The summed E-state index contributed by atoms with van der Waals surface area (Å²) in [5.74, 6) is 1.26. The Hall–Kier alpha value is -2.76. The molecule has 2 fully saturated rings. The molecule has 0 atom stereocenters. The second-order valence-electron chi connectivity index (χ2n) is 7.93. The SMILES string of the molecule is COc1ccc(C2(C(=O)N3CCCN(C(=O)c4ccco4)CC3)CCCC2)cc1. The van der Waals surface area contributed by atoms with E-state index in [0.717, 1.165) is 43.4 Å². The molecule has 154 valence electrons. The first-order valence-corrected chi connectivity index (χ1v) is 10.4. The Bertz CT molecular complexity index is 838. The van der Waals surface area contributed by atoms with Crippen LogP contribution < -0.4 is 4.74 Å². The largest absolute Gasteiger partial charge is 0.497 e. The molecule has 2 heterocycles. The standard InChI is InChI=1S/C23H28N2O4/c1-28-19-9-7-18(8-10-19)23(11-2-3-12-23)22(27)25-14-5-13-24(15-16-25)21(26)20-6-4-17-29-20/h4,6-10,17H,2-3,5,11-16H2,1H3. The molecule has 0 radical (unpaired) electrons. The van der Waals surface area contributed by atoms with Crippen molar-refractivity contribution in [2.45, 2.75) is 37.5 Å². The van der Waals surface area contributed by atoms with Gasteiger partial charge in [0, 0.05) is 26.2 Å². The second kappa shape index (κ2) is 8.31. The molecule has 1 saturated carbocycles. The highest BCUT2D eigenvalue weighted by Gasteiger charge is 2.45. The van der Waals surface area contributed by atoms with Crippen molar-refractivity contribution < 1.29 is 18.7 Å². The third-order valence-corrected chi connectivity index (χ3v) is 6.31. The number of nitrogens with zero attached hydrogens (tertiary/aromatic N) is 2. The van der Waals surface area contributed by atoms with Crippen LogP contribution in [0.1, 0.15) is 48.2 Å². The van der Waals surface area contributed by atoms with Gasteiger partial charge in [-0.25, -0.2) is 0 Å². The van der Waals surface area contributed by atoms with E-state index in [1.54, 1.807) is 24.1 Å². The molecular formula is C23H28N2O4. The van der Waals surface area contributed by atoms with Crippen LogP contribution in [-0.2, 0) is 10.2 Å². The smallest absolute Gasteiger partial charge is 0.289 e. The van der Waals surface area contributed by atoms with Gasteiger partial charge in [0.1, 0.15) is 5.75 Å². The lowest BCUT2D eigenvalue weighted by molar-refractivity contribution is -0.137. The molecule has 6 heteroatoms. The van der Waals surface area contributed by atoms with Crippen LogP contribution in [0.4, 0.5) is 0 Å². The van der Waals surface area contributed by atoms with Gasteiger partial charge < -0.3 is 19.0 Å². The lowest BCUT2D eigenvalue weighted by Gasteiger charge is -2.34. The Balaban J connectivity index is 1.50. The number of ether oxygens (including phenoxy) is 1. The molecule has 2 aliphatic rings. The summed E-state index contributed by atoms with van der Waals surface area (Å²) in [5, 5.41) is 0. The van der Waals surface area contributed by atoms with E-state index in [-0.39, 0.29) is 11.8 Å². The highest BCUT2D eigenvalue weighted by atomic mass is 16.5. The molecule has 2 amide bonds. The molecule has 0 unspecified atom stereocenters. The van der Waals surface area contributed by atoms with Crippen molar-refractivity contribution in [3.05, 3.63) is 54.0 Å². The van der Waals surface area contributed by atoms with Gasteiger partial charge in [0.25, 0.3) is 5.91 Å². The number of hydrogen-bond acceptors (Lipinski definition) is 4. The third-order valence-electron chi connectivity index (χ3n) is 6.31. The van der Waals surface area contributed by atoms with E-state index in [0.29, 0.717) is 31.9 Å². The Labute approximate surface area is 171 Å². The van der Waals surface area contributed by atoms with Crippen molar-refractivity contribution in [3.63, 3.8) is 0 Å². The van der Waals surface area contributed by atoms with Crippen LogP contribution >= 0.6 is 0 Å². The Morgan fingerprint density at radius 1 is 0.931 bits per heavy atom. The van der Waals surface area contributed by atoms with Gasteiger partial charge in [-0.15, -0.1) is 0 Å². The topological polar surface area (TPSA) is 63.0 Å². The molecular weight excluding hydrogens is 368 g/mol. The molecule has 2 aromatic rings. The predicted octanol–water partition coefficient (Wildman–Crippen LogP) is 3.47. The minimum Gasteiger partial charge on any atom is -0.497 e. The maximum atomic E-state index is 13.7. The Morgan fingerprint density at radius 3 is 2.28 bits per heavy atom. The molecule has 1 aliphatic heterocycles. The normalized spacial score (nSPS) is 19.1. The fourth-order valence-corrected chi connectivity index (χ4v) is 4.70. The number of methoxy groups -OCH3 is 1. The van der Waals surface area contributed by atoms with E-state index in [1.807, 2.05) is 29.2 Å². The van der Waals surface area contributed by atoms with Gasteiger partial charge in [0.15, 0.2) is 5.76 Å². The van der Waals surface area contributed by atoms with Crippen molar-refractivity contribution in [2.24, 2.45) is 0 Å². The monoisotopic (exact) mass is 396 g/mol. The molecule has 0 spiro atoms. The lowest BCUT2D eigenvalue weighted by Crippen LogP contribution is -2.47. The molecule has 0 N–H and O–H groups in total. The molecule has 29 heavy (non-hydrogen) atoms. The van der Waals surface area contributed by atoms with Gasteiger partial charge in [-0.2, -0.15) is 0 Å². The van der Waals surface area contributed by atoms with Crippen molar-refractivity contribution >= 4 is 11.8 Å². The lowest BCUT2D eigenvalue weighted by atomic mass is 9.77. The molecule has 1 aromatic carbocycles. The van der Waals surface area contributed by atoms with Gasteiger partial charge in [-0.3, -0.25) is 9.59 Å². The van der Waals surface area contributed by atoms with E-state index in [9.17, 15) is 9.59 Å². The van der Waals surface area contributed by atoms with Gasteiger partial charge in [0.2, 0.25) is 5.91 Å². The summed E-state index contributed by atoms with van der Waals surface area (Å²) in [5.41, 5.74) is 0.625. The number of rotatable bonds is 4. The number of benzene rings is 1. The van der Waals surface area contributed by atoms with Crippen LogP contribution in [0, 0.1) is 0 Å². The van der Waals surface area contributed by atoms with Crippen LogP contribution in [0.2, 0.25) is 0 Å². The number of hydrogen-bond donors (Lipinski definition) is 0. The minimum atomic E-state index is -0.452. The summed E-state index contributed by atoms with van der Waals surface area (Å²) in [6.45, 7) is 2.41. The van der Waals surface area contributed by atoms with Gasteiger partial charge in [-0.05, 0) is 49.1 Å². The molecule has 1 aromatic heterocycles. The summed E-state index contributed by atoms with van der Waals surface area (Å²) >= 11 is 0. The van der Waals surface area contributed by atoms with Crippen molar-refractivity contribution in [3.8, 4) is 5.75 Å². The molecule has 0 bridgehead atoms. The first-order valence-electron chi connectivity index (χ1n) is 10.4. The van der Waals surface area contributed by atoms with Crippen molar-refractivity contribution in [2.75, 3.05) is 33.3 Å². The van der Waals surface area contributed by atoms with Crippen LogP contribution in [0.5, 0.6) is 5.75 Å². The van der Waals surface area contributed by atoms with E-state index in [4.69, 9.17) is 9.15 Å². The highest BCUT2D eigenvalue weighted by molar-refractivity contribution is 5.92. The number of amides is 2. The van der Waals surface area contributed by atoms with Gasteiger partial charge in [0.05, 0.1) is 18.8 Å². The first kappa shape index (κ1) is 19.6. The first-order chi connectivity index (χ1) is 14.1. The quantitative estimate of drug-likeness (QED) is 0.794. The molecule has 4 rings (SSSR count). The van der Waals surface area contributed by atoms with Gasteiger partial charge >= 0.3 is 0 Å². The fraction of sp³-hybridized carbons (Fsp3) is 0.478. The average Bonchev–Trinajstić information content (AvgIpc) is 3.42. The van der Waals surface area contributed by atoms with E-state index < -0.39 is 5.41 Å². The molecule has 1 saturated heterocycles. The summed E-state index contributed by atoms with van der Waals surface area (Å²) in [6, 6.07) is 11.4. The third kappa shape index (κ3) is 3.76. The summed E-state index contributed by atoms with van der Waals surface area (Å²) in [7, 11) is 1.65. The molecule has 6 nitrogen and oxygen atoms in total. The fourth-order valence-electron chi connectivity index (χ4n) is 4.70. The highest BCUT2D eigenvalue weighted by Crippen LogP contribution is 2.43. The van der Waals surface area contributed by atoms with Crippen LogP contribution in [0.25, 0.3) is 0 Å². The van der Waals surface area contributed by atoms with Crippen molar-refractivity contribution in [1.82, 2.24) is 9.80 Å². The zero-order chi connectivity index (χ0) is 20.3. The number of carbonyl (C=O) groups excluding carboxylic acids is 2. The Kier molecular flexibility index (Phi) is 5.60. The Morgan fingerprint density at radius 2 is 1.62 bits per heavy atom. The van der Waals surface area contributed by atoms with Gasteiger partial charge in [-0.1, -0.05) is 25.0 Å². The van der Waals surface area contributed by atoms with Crippen LogP contribution in [0.3, 0.4) is 0 Å². The number of furan rings is 1. The van der Waals surface area contributed by atoms with Crippen LogP contribution in [0.15, 0.2) is 47.1 Å². The summed E-state index contributed by atoms with van der Waals surface area (Å²) < 4.78 is 10.5. The average molecular weight is 396 g/mol. The van der Waals surface area contributed by atoms with Crippen LogP contribution in [-0.4, -0.2) is 54.9 Å². The van der Waals surface area contributed by atoms with E-state index >= 15 is 0 Å². The zero-order valence-corrected chi connectivity index (χ0v) is 16.9. The summed E-state index contributed by atoms with van der Waals surface area (Å²) in [4.78, 5) is 30.1. The van der Waals surface area contributed by atoms with Crippen molar-refractivity contribution in [1.29, 1.82) is 0 Å².